The minimum atomic E-state index is -0.812. The van der Waals surface area contributed by atoms with Crippen molar-refractivity contribution in [3.63, 3.8) is 0 Å². The molecular formula is C27H29F2N5O5S. The van der Waals surface area contributed by atoms with E-state index in [1.165, 1.54) is 24.0 Å². The van der Waals surface area contributed by atoms with E-state index in [1.54, 1.807) is 11.9 Å². The zero-order valence-corrected chi connectivity index (χ0v) is 23.3. The molecule has 1 N–H and O–H groups in total. The third kappa shape index (κ3) is 4.32. The Morgan fingerprint density at radius 1 is 1.27 bits per heavy atom. The lowest BCUT2D eigenvalue weighted by Gasteiger charge is -2.57. The van der Waals surface area contributed by atoms with Gasteiger partial charge >= 0.3 is 5.97 Å². The van der Waals surface area contributed by atoms with Crippen LogP contribution >= 0.6 is 11.3 Å². The van der Waals surface area contributed by atoms with Crippen molar-refractivity contribution in [2.24, 2.45) is 11.8 Å². The molecule has 0 saturated heterocycles. The van der Waals surface area contributed by atoms with Gasteiger partial charge in [-0.3, -0.25) is 24.1 Å². The van der Waals surface area contributed by atoms with Crippen LogP contribution in [-0.2, 0) is 16.0 Å². The van der Waals surface area contributed by atoms with Crippen LogP contribution in [0.1, 0.15) is 54.2 Å². The highest BCUT2D eigenvalue weighted by molar-refractivity contribution is 7.14. The van der Waals surface area contributed by atoms with Gasteiger partial charge in [-0.1, -0.05) is 24.3 Å². The summed E-state index contributed by atoms with van der Waals surface area (Å²) in [6.45, 7) is 4.11. The molecule has 1 saturated carbocycles. The fourth-order valence-electron chi connectivity index (χ4n) is 6.04. The smallest absolute Gasteiger partial charge is 0.308 e. The monoisotopic (exact) mass is 573 g/mol. The maximum Gasteiger partial charge on any atom is 0.308 e. The van der Waals surface area contributed by atoms with Gasteiger partial charge in [0, 0.05) is 32.3 Å². The van der Waals surface area contributed by atoms with Crippen molar-refractivity contribution in [3.05, 3.63) is 62.5 Å². The van der Waals surface area contributed by atoms with Gasteiger partial charge in [-0.2, -0.15) is 0 Å². The first kappa shape index (κ1) is 27.7. The summed E-state index contributed by atoms with van der Waals surface area (Å²) in [4.78, 5) is 41.0. The minimum Gasteiger partial charge on any atom is -0.502 e. The van der Waals surface area contributed by atoms with Crippen LogP contribution in [0.4, 0.5) is 8.78 Å². The number of pyridine rings is 1. The van der Waals surface area contributed by atoms with Crippen LogP contribution in [0.3, 0.4) is 0 Å². The summed E-state index contributed by atoms with van der Waals surface area (Å²) in [6, 6.07) is 3.25. The highest BCUT2D eigenvalue weighted by atomic mass is 32.1. The second-order valence-electron chi connectivity index (χ2n) is 10.2. The highest BCUT2D eigenvalue weighted by Gasteiger charge is 2.53. The van der Waals surface area contributed by atoms with Crippen LogP contribution < -0.4 is 10.4 Å². The number of hydrogen-bond donors (Lipinski definition) is 1. The first-order chi connectivity index (χ1) is 19.0. The van der Waals surface area contributed by atoms with Crippen LogP contribution in [0.25, 0.3) is 10.6 Å². The van der Waals surface area contributed by atoms with Crippen molar-refractivity contribution in [2.45, 2.75) is 45.2 Å². The number of esters is 1. The van der Waals surface area contributed by atoms with Crippen LogP contribution in [0.5, 0.6) is 5.75 Å². The van der Waals surface area contributed by atoms with Crippen molar-refractivity contribution < 1.29 is 28.2 Å². The Bertz CT molecular complexity index is 1560. The van der Waals surface area contributed by atoms with Crippen molar-refractivity contribution in [3.8, 4) is 16.3 Å². The molecule has 3 atom stereocenters. The van der Waals surface area contributed by atoms with E-state index in [2.05, 4.69) is 10.2 Å². The van der Waals surface area contributed by atoms with Crippen LogP contribution in [0.2, 0.25) is 0 Å². The molecule has 10 nitrogen and oxygen atoms in total. The first-order valence-electron chi connectivity index (χ1n) is 12.9. The van der Waals surface area contributed by atoms with E-state index in [1.807, 2.05) is 18.9 Å². The summed E-state index contributed by atoms with van der Waals surface area (Å²) in [5.74, 6) is -3.30. The topological polar surface area (TPSA) is 118 Å². The van der Waals surface area contributed by atoms with Gasteiger partial charge in [0.2, 0.25) is 5.43 Å². The van der Waals surface area contributed by atoms with Crippen molar-refractivity contribution >= 4 is 23.2 Å². The number of ether oxygens (including phenoxy) is 1. The molecule has 5 rings (SSSR count). The standard InChI is InChI=1S/C27H29F2N5O5S/c1-5-33-25(37)21-23(36)22(35)18(24-31-30-20(40-24)10-15-6-7-16(28)11-19(15)29)13-34(21)32(3)27(33)9-8-17(14(2)12-27)26(38)39-4/h6-7,11,13-14,17,36H,5,8-10,12H2,1-4H3. The molecule has 1 aliphatic carbocycles. The zero-order valence-electron chi connectivity index (χ0n) is 22.5. The summed E-state index contributed by atoms with van der Waals surface area (Å²) >= 11 is 1.04. The third-order valence-electron chi connectivity index (χ3n) is 8.11. The van der Waals surface area contributed by atoms with E-state index >= 15 is 0 Å². The molecule has 1 aromatic carbocycles. The maximum atomic E-state index is 14.2. The summed E-state index contributed by atoms with van der Waals surface area (Å²) in [7, 11) is 3.14. The molecule has 1 spiro atoms. The Balaban J connectivity index is 1.54. The van der Waals surface area contributed by atoms with E-state index in [-0.39, 0.29) is 46.1 Å². The highest BCUT2D eigenvalue weighted by Crippen LogP contribution is 2.45. The summed E-state index contributed by atoms with van der Waals surface area (Å²) in [6.07, 6.45) is 2.94. The number of halogens is 2. The molecule has 1 amide bonds. The van der Waals surface area contributed by atoms with E-state index in [0.717, 1.165) is 23.5 Å². The van der Waals surface area contributed by atoms with Crippen molar-refractivity contribution in [1.82, 2.24) is 19.8 Å². The Hall–Kier alpha value is -3.87. The summed E-state index contributed by atoms with van der Waals surface area (Å²) in [5.41, 5.74) is -1.50. The average molecular weight is 574 g/mol. The Labute approximate surface area is 232 Å². The number of aromatic hydroxyl groups is 1. The van der Waals surface area contributed by atoms with Gasteiger partial charge < -0.3 is 14.7 Å². The molecule has 3 heterocycles. The number of rotatable bonds is 5. The second kappa shape index (κ2) is 10.3. The van der Waals surface area contributed by atoms with E-state index < -0.39 is 34.4 Å². The molecule has 3 aromatic rings. The molecule has 0 radical (unpaired) electrons. The van der Waals surface area contributed by atoms with E-state index in [4.69, 9.17) is 4.74 Å². The number of carbonyl (C=O) groups is 2. The van der Waals surface area contributed by atoms with Crippen LogP contribution in [0.15, 0.2) is 29.2 Å². The number of amides is 1. The maximum absolute atomic E-state index is 14.2. The van der Waals surface area contributed by atoms with Crippen LogP contribution in [-0.4, -0.2) is 63.1 Å². The molecule has 1 aliphatic heterocycles. The molecule has 3 unspecified atom stereocenters. The van der Waals surface area contributed by atoms with Gasteiger partial charge in [-0.25, -0.2) is 8.78 Å². The predicted octanol–water partition coefficient (Wildman–Crippen LogP) is 3.29. The van der Waals surface area contributed by atoms with Gasteiger partial charge in [-0.15, -0.1) is 10.2 Å². The van der Waals surface area contributed by atoms with Crippen LogP contribution in [0, 0.1) is 23.5 Å². The summed E-state index contributed by atoms with van der Waals surface area (Å²) in [5, 5.41) is 21.5. The lowest BCUT2D eigenvalue weighted by atomic mass is 9.73. The van der Waals surface area contributed by atoms with Gasteiger partial charge in [0.05, 0.1) is 18.6 Å². The largest absolute Gasteiger partial charge is 0.502 e. The molecule has 13 heteroatoms. The summed E-state index contributed by atoms with van der Waals surface area (Å²) < 4.78 is 33.9. The number of carbonyl (C=O) groups excluding carboxylic acids is 2. The fourth-order valence-corrected chi connectivity index (χ4v) is 6.91. The zero-order chi connectivity index (χ0) is 28.9. The minimum absolute atomic E-state index is 0.0284. The molecule has 2 aliphatic rings. The van der Waals surface area contributed by atoms with Crippen molar-refractivity contribution in [2.75, 3.05) is 25.7 Å². The predicted molar refractivity (Wildman–Crippen MR) is 143 cm³/mol. The Kier molecular flexibility index (Phi) is 7.11. The third-order valence-corrected chi connectivity index (χ3v) is 9.06. The number of aromatic nitrogens is 3. The molecule has 2 aromatic heterocycles. The fraction of sp³-hybridized carbons (Fsp3) is 0.444. The quantitative estimate of drug-likeness (QED) is 0.462. The number of methoxy groups -OCH3 is 1. The Morgan fingerprint density at radius 3 is 2.67 bits per heavy atom. The lowest BCUT2D eigenvalue weighted by Crippen LogP contribution is -2.71. The second-order valence-corrected chi connectivity index (χ2v) is 11.3. The first-order valence-corrected chi connectivity index (χ1v) is 13.7. The van der Waals surface area contributed by atoms with Gasteiger partial charge in [0.25, 0.3) is 5.91 Å². The SMILES string of the molecule is CCN1C(=O)c2c(O)c(=O)c(-c3nnc(Cc4ccc(F)cc4F)s3)cn2N(C)C12CCC(C(=O)OC)C(C)C2. The number of hydrogen-bond acceptors (Lipinski definition) is 9. The number of fused-ring (bicyclic) bond motifs is 1. The molecular weight excluding hydrogens is 544 g/mol. The van der Waals surface area contributed by atoms with Gasteiger partial charge in [0.15, 0.2) is 16.5 Å². The van der Waals surface area contributed by atoms with Crippen molar-refractivity contribution in [1.29, 1.82) is 0 Å². The molecule has 40 heavy (non-hydrogen) atoms. The average Bonchev–Trinajstić information content (AvgIpc) is 3.38. The molecule has 1 fully saturated rings. The molecule has 0 bridgehead atoms. The van der Waals surface area contributed by atoms with Gasteiger partial charge in [0.1, 0.15) is 22.3 Å². The lowest BCUT2D eigenvalue weighted by molar-refractivity contribution is -0.150. The Morgan fingerprint density at radius 2 is 2.02 bits per heavy atom. The van der Waals surface area contributed by atoms with Gasteiger partial charge in [-0.05, 0) is 43.7 Å². The number of benzene rings is 1. The van der Waals surface area contributed by atoms with E-state index in [9.17, 15) is 28.3 Å². The normalized spacial score (nSPS) is 22.5. The molecule has 212 valence electrons. The number of nitrogens with zero attached hydrogens (tertiary/aromatic N) is 5. The van der Waals surface area contributed by atoms with E-state index in [0.29, 0.717) is 30.8 Å².